The van der Waals surface area contributed by atoms with E-state index in [2.05, 4.69) is 39.5 Å². The first-order valence-electron chi connectivity index (χ1n) is 4.94. The molecule has 1 heterocycles. The molecule has 0 spiro atoms. The zero-order valence-electron chi connectivity index (χ0n) is 9.16. The first kappa shape index (κ1) is 11.3. The zero-order chi connectivity index (χ0) is 11.7. The van der Waals surface area contributed by atoms with Crippen LogP contribution in [0.3, 0.4) is 0 Å². The topological polar surface area (TPSA) is 51.8 Å². The van der Waals surface area contributed by atoms with Gasteiger partial charge >= 0.3 is 0 Å². The average molecular weight is 325 g/mol. The maximum Gasteiger partial charge on any atom is 0.161 e. The number of halogens is 1. The second-order valence-electron chi connectivity index (χ2n) is 3.70. The molecule has 16 heavy (non-hydrogen) atoms. The highest BCUT2D eigenvalue weighted by atomic mass is 127. The van der Waals surface area contributed by atoms with Crippen LogP contribution in [0, 0.1) is 17.4 Å². The summed E-state index contributed by atoms with van der Waals surface area (Å²) >= 11 is 2.16. The molecule has 2 aromatic rings. The molecule has 0 unspecified atom stereocenters. The van der Waals surface area contributed by atoms with Gasteiger partial charge in [0.15, 0.2) is 5.82 Å². The van der Waals surface area contributed by atoms with Crippen molar-refractivity contribution < 1.29 is 0 Å². The van der Waals surface area contributed by atoms with Crippen LogP contribution >= 0.6 is 22.6 Å². The summed E-state index contributed by atoms with van der Waals surface area (Å²) in [6.07, 6.45) is 0. The minimum Gasteiger partial charge on any atom is -0.383 e. The lowest BCUT2D eigenvalue weighted by Gasteiger charge is -2.06. The van der Waals surface area contributed by atoms with Crippen LogP contribution in [0.5, 0.6) is 0 Å². The van der Waals surface area contributed by atoms with E-state index >= 15 is 0 Å². The van der Waals surface area contributed by atoms with Gasteiger partial charge in [-0.05, 0) is 36.4 Å². The van der Waals surface area contributed by atoms with Crippen molar-refractivity contribution in [3.05, 3.63) is 39.1 Å². The Balaban J connectivity index is 2.52. The van der Waals surface area contributed by atoms with Gasteiger partial charge in [0.25, 0.3) is 0 Å². The third kappa shape index (κ3) is 2.16. The number of aromatic nitrogens is 2. The minimum atomic E-state index is 0.545. The SMILES string of the molecule is Cc1ccc(-c2nc(C)c(I)c(N)n2)cc1. The van der Waals surface area contributed by atoms with E-state index in [0.717, 1.165) is 14.8 Å². The summed E-state index contributed by atoms with van der Waals surface area (Å²) in [4.78, 5) is 8.73. The van der Waals surface area contributed by atoms with Gasteiger partial charge in [-0.25, -0.2) is 9.97 Å². The molecule has 2 rings (SSSR count). The van der Waals surface area contributed by atoms with E-state index in [4.69, 9.17) is 5.73 Å². The summed E-state index contributed by atoms with van der Waals surface area (Å²) in [7, 11) is 0. The minimum absolute atomic E-state index is 0.545. The Morgan fingerprint density at radius 3 is 2.25 bits per heavy atom. The third-order valence-corrected chi connectivity index (χ3v) is 3.69. The number of benzene rings is 1. The third-order valence-electron chi connectivity index (χ3n) is 2.35. The predicted octanol–water partition coefficient (Wildman–Crippen LogP) is 2.95. The molecule has 4 heteroatoms. The second-order valence-corrected chi connectivity index (χ2v) is 4.78. The fourth-order valence-electron chi connectivity index (χ4n) is 1.41. The molecule has 0 amide bonds. The number of nitrogens with two attached hydrogens (primary N) is 1. The van der Waals surface area contributed by atoms with Crippen LogP contribution < -0.4 is 5.73 Å². The number of nitrogen functional groups attached to an aromatic ring is 1. The molecule has 0 saturated carbocycles. The van der Waals surface area contributed by atoms with Crippen molar-refractivity contribution >= 4 is 28.4 Å². The Labute approximate surface area is 108 Å². The molecule has 0 aliphatic rings. The van der Waals surface area contributed by atoms with E-state index in [-0.39, 0.29) is 0 Å². The van der Waals surface area contributed by atoms with E-state index in [1.54, 1.807) is 0 Å². The second kappa shape index (κ2) is 4.37. The molecule has 0 atom stereocenters. The van der Waals surface area contributed by atoms with Gasteiger partial charge < -0.3 is 5.73 Å². The first-order chi connectivity index (χ1) is 7.58. The van der Waals surface area contributed by atoms with E-state index in [9.17, 15) is 0 Å². The van der Waals surface area contributed by atoms with Gasteiger partial charge in [-0.1, -0.05) is 29.8 Å². The standard InChI is InChI=1S/C12H12IN3/c1-7-3-5-9(6-4-7)12-15-8(2)10(13)11(14)16-12/h3-6H,1-2H3,(H2,14,15,16). The Bertz CT molecular complexity index is 497. The van der Waals surface area contributed by atoms with Gasteiger partial charge in [-0.2, -0.15) is 0 Å². The molecule has 0 aliphatic heterocycles. The van der Waals surface area contributed by atoms with Crippen molar-refractivity contribution in [3.8, 4) is 11.4 Å². The highest BCUT2D eigenvalue weighted by Gasteiger charge is 2.07. The van der Waals surface area contributed by atoms with Crippen LogP contribution in [0.25, 0.3) is 11.4 Å². The number of hydrogen-bond donors (Lipinski definition) is 1. The fourth-order valence-corrected chi connectivity index (χ4v) is 1.65. The summed E-state index contributed by atoms with van der Waals surface area (Å²) in [5.74, 6) is 1.24. The van der Waals surface area contributed by atoms with Crippen LogP contribution in [0.2, 0.25) is 0 Å². The Morgan fingerprint density at radius 1 is 1.06 bits per heavy atom. The van der Waals surface area contributed by atoms with E-state index < -0.39 is 0 Å². The van der Waals surface area contributed by atoms with E-state index in [0.29, 0.717) is 11.6 Å². The van der Waals surface area contributed by atoms with Crippen LogP contribution in [-0.4, -0.2) is 9.97 Å². The monoisotopic (exact) mass is 325 g/mol. The van der Waals surface area contributed by atoms with Gasteiger partial charge in [-0.15, -0.1) is 0 Å². The molecule has 0 saturated heterocycles. The lowest BCUT2D eigenvalue weighted by atomic mass is 10.1. The van der Waals surface area contributed by atoms with Crippen molar-refractivity contribution in [3.63, 3.8) is 0 Å². The van der Waals surface area contributed by atoms with Crippen LogP contribution in [-0.2, 0) is 0 Å². The van der Waals surface area contributed by atoms with Gasteiger partial charge in [0.1, 0.15) is 5.82 Å². The van der Waals surface area contributed by atoms with Crippen molar-refractivity contribution in [2.45, 2.75) is 13.8 Å². The molecule has 0 aliphatic carbocycles. The summed E-state index contributed by atoms with van der Waals surface area (Å²) in [6, 6.07) is 8.11. The Hall–Kier alpha value is -1.17. The fraction of sp³-hybridized carbons (Fsp3) is 0.167. The number of nitrogens with zero attached hydrogens (tertiary/aromatic N) is 2. The zero-order valence-corrected chi connectivity index (χ0v) is 11.3. The van der Waals surface area contributed by atoms with Gasteiger partial charge in [0.2, 0.25) is 0 Å². The lowest BCUT2D eigenvalue weighted by Crippen LogP contribution is -2.02. The summed E-state index contributed by atoms with van der Waals surface area (Å²) in [6.45, 7) is 4.00. The summed E-state index contributed by atoms with van der Waals surface area (Å²) in [5, 5.41) is 0. The van der Waals surface area contributed by atoms with Gasteiger partial charge in [0.05, 0.1) is 9.26 Å². The molecule has 0 bridgehead atoms. The molecule has 1 aromatic carbocycles. The maximum atomic E-state index is 5.83. The Kier molecular flexibility index (Phi) is 3.09. The van der Waals surface area contributed by atoms with Crippen LogP contribution in [0.15, 0.2) is 24.3 Å². The number of hydrogen-bond acceptors (Lipinski definition) is 3. The molecule has 82 valence electrons. The summed E-state index contributed by atoms with van der Waals surface area (Å²) < 4.78 is 0.925. The molecular weight excluding hydrogens is 313 g/mol. The Morgan fingerprint density at radius 2 is 1.69 bits per heavy atom. The van der Waals surface area contributed by atoms with Crippen molar-refractivity contribution in [2.75, 3.05) is 5.73 Å². The van der Waals surface area contributed by atoms with Gasteiger partial charge in [0, 0.05) is 5.56 Å². The molecule has 0 fully saturated rings. The highest BCUT2D eigenvalue weighted by molar-refractivity contribution is 14.1. The molecular formula is C12H12IN3. The van der Waals surface area contributed by atoms with E-state index in [1.165, 1.54) is 5.56 Å². The smallest absolute Gasteiger partial charge is 0.161 e. The number of aryl methyl sites for hydroxylation is 2. The molecule has 2 N–H and O–H groups in total. The molecule has 3 nitrogen and oxygen atoms in total. The summed E-state index contributed by atoms with van der Waals surface area (Å²) in [5.41, 5.74) is 8.97. The predicted molar refractivity (Wildman–Crippen MR) is 74.1 cm³/mol. The van der Waals surface area contributed by atoms with Crippen molar-refractivity contribution in [2.24, 2.45) is 0 Å². The largest absolute Gasteiger partial charge is 0.383 e. The normalized spacial score (nSPS) is 10.4. The highest BCUT2D eigenvalue weighted by Crippen LogP contribution is 2.21. The average Bonchev–Trinajstić information content (AvgIpc) is 2.26. The number of anilines is 1. The molecule has 1 aromatic heterocycles. The first-order valence-corrected chi connectivity index (χ1v) is 6.02. The van der Waals surface area contributed by atoms with E-state index in [1.807, 2.05) is 31.2 Å². The quantitative estimate of drug-likeness (QED) is 0.820. The van der Waals surface area contributed by atoms with Crippen molar-refractivity contribution in [1.82, 2.24) is 9.97 Å². The van der Waals surface area contributed by atoms with Crippen molar-refractivity contribution in [1.29, 1.82) is 0 Å². The number of rotatable bonds is 1. The molecule has 0 radical (unpaired) electrons. The maximum absolute atomic E-state index is 5.83. The van der Waals surface area contributed by atoms with Crippen LogP contribution in [0.4, 0.5) is 5.82 Å². The van der Waals surface area contributed by atoms with Crippen LogP contribution in [0.1, 0.15) is 11.3 Å². The van der Waals surface area contributed by atoms with Gasteiger partial charge in [-0.3, -0.25) is 0 Å². The lowest BCUT2D eigenvalue weighted by molar-refractivity contribution is 1.10.